The monoisotopic (exact) mass is 375 g/mol. The summed E-state index contributed by atoms with van der Waals surface area (Å²) in [5, 5.41) is 2.91. The number of amides is 1. The first kappa shape index (κ1) is 18.0. The Bertz CT molecular complexity index is 923. The van der Waals surface area contributed by atoms with Gasteiger partial charge in [0.1, 0.15) is 17.3 Å². The number of hydrogen-bond acceptors (Lipinski definition) is 5. The second kappa shape index (κ2) is 8.54. The van der Waals surface area contributed by atoms with Crippen LogP contribution in [-0.4, -0.2) is 37.2 Å². The summed E-state index contributed by atoms with van der Waals surface area (Å²) in [6.45, 7) is 2.91. The highest BCUT2D eigenvalue weighted by molar-refractivity contribution is 6.04. The number of morpholine rings is 1. The number of pyridine rings is 1. The lowest BCUT2D eigenvalue weighted by Crippen LogP contribution is -2.36. The van der Waals surface area contributed by atoms with Crippen LogP contribution in [0.3, 0.4) is 0 Å². The SMILES string of the molecule is O=C(Nc1ccc(Oc2ccccc2)cc1)c1ccnc(N2CCOCC2)c1. The number of benzene rings is 2. The zero-order chi connectivity index (χ0) is 19.2. The molecular formula is C22H21N3O3. The molecule has 0 unspecified atom stereocenters. The Morgan fingerprint density at radius 2 is 1.68 bits per heavy atom. The minimum Gasteiger partial charge on any atom is -0.457 e. The molecule has 0 spiro atoms. The lowest BCUT2D eigenvalue weighted by atomic mass is 10.2. The van der Waals surface area contributed by atoms with Gasteiger partial charge < -0.3 is 19.7 Å². The fourth-order valence-corrected chi connectivity index (χ4v) is 2.96. The van der Waals surface area contributed by atoms with Crippen molar-refractivity contribution in [2.24, 2.45) is 0 Å². The first-order valence-corrected chi connectivity index (χ1v) is 9.21. The molecule has 2 heterocycles. The number of hydrogen-bond donors (Lipinski definition) is 1. The average Bonchev–Trinajstić information content (AvgIpc) is 2.76. The van der Waals surface area contributed by atoms with Crippen LogP contribution < -0.4 is 15.0 Å². The summed E-state index contributed by atoms with van der Waals surface area (Å²) in [7, 11) is 0. The van der Waals surface area contributed by atoms with Crippen molar-refractivity contribution in [3.63, 3.8) is 0 Å². The minimum absolute atomic E-state index is 0.173. The van der Waals surface area contributed by atoms with Gasteiger partial charge in [-0.15, -0.1) is 0 Å². The van der Waals surface area contributed by atoms with E-state index in [2.05, 4.69) is 15.2 Å². The number of aromatic nitrogens is 1. The van der Waals surface area contributed by atoms with E-state index in [1.165, 1.54) is 0 Å². The molecule has 3 aromatic rings. The zero-order valence-electron chi connectivity index (χ0n) is 15.4. The third-order valence-electron chi connectivity index (χ3n) is 4.43. The average molecular weight is 375 g/mol. The van der Waals surface area contributed by atoms with Gasteiger partial charge in [-0.1, -0.05) is 18.2 Å². The fourth-order valence-electron chi connectivity index (χ4n) is 2.96. The Hall–Kier alpha value is -3.38. The molecule has 0 atom stereocenters. The maximum Gasteiger partial charge on any atom is 0.255 e. The van der Waals surface area contributed by atoms with Crippen molar-refractivity contribution >= 4 is 17.4 Å². The van der Waals surface area contributed by atoms with Crippen LogP contribution in [0.1, 0.15) is 10.4 Å². The Kier molecular flexibility index (Phi) is 5.49. The molecule has 0 bridgehead atoms. The Morgan fingerprint density at radius 1 is 0.964 bits per heavy atom. The van der Waals surface area contributed by atoms with Crippen molar-refractivity contribution in [3.05, 3.63) is 78.5 Å². The molecule has 0 aliphatic carbocycles. The predicted octanol–water partition coefficient (Wildman–Crippen LogP) is 3.96. The second-order valence-electron chi connectivity index (χ2n) is 6.40. The summed E-state index contributed by atoms with van der Waals surface area (Å²) in [4.78, 5) is 19.1. The molecule has 1 fully saturated rings. The lowest BCUT2D eigenvalue weighted by molar-refractivity contribution is 0.102. The lowest BCUT2D eigenvalue weighted by Gasteiger charge is -2.27. The van der Waals surface area contributed by atoms with Gasteiger partial charge in [-0.3, -0.25) is 4.79 Å². The number of para-hydroxylation sites is 1. The summed E-state index contributed by atoms with van der Waals surface area (Å²) in [5.41, 5.74) is 1.27. The largest absolute Gasteiger partial charge is 0.457 e. The predicted molar refractivity (Wildman–Crippen MR) is 108 cm³/mol. The van der Waals surface area contributed by atoms with Crippen molar-refractivity contribution in [3.8, 4) is 11.5 Å². The molecule has 2 aromatic carbocycles. The summed E-state index contributed by atoms with van der Waals surface area (Å²) in [6, 6.07) is 20.4. The first-order chi connectivity index (χ1) is 13.8. The van der Waals surface area contributed by atoms with Gasteiger partial charge in [0.2, 0.25) is 0 Å². The molecule has 28 heavy (non-hydrogen) atoms. The van der Waals surface area contributed by atoms with Crippen molar-refractivity contribution in [2.75, 3.05) is 36.5 Å². The molecule has 142 valence electrons. The quantitative estimate of drug-likeness (QED) is 0.731. The van der Waals surface area contributed by atoms with Gasteiger partial charge in [0.05, 0.1) is 13.2 Å². The van der Waals surface area contributed by atoms with E-state index < -0.39 is 0 Å². The maximum atomic E-state index is 12.6. The Labute approximate surface area is 163 Å². The van der Waals surface area contributed by atoms with Crippen LogP contribution in [0.2, 0.25) is 0 Å². The molecule has 6 nitrogen and oxygen atoms in total. The van der Waals surface area contributed by atoms with Gasteiger partial charge in [0.25, 0.3) is 5.91 Å². The van der Waals surface area contributed by atoms with E-state index in [0.29, 0.717) is 30.2 Å². The first-order valence-electron chi connectivity index (χ1n) is 9.21. The van der Waals surface area contributed by atoms with Gasteiger partial charge in [0, 0.05) is 30.5 Å². The molecule has 1 aliphatic rings. The molecule has 0 saturated carbocycles. The van der Waals surface area contributed by atoms with Crippen molar-refractivity contribution in [1.29, 1.82) is 0 Å². The summed E-state index contributed by atoms with van der Waals surface area (Å²) >= 11 is 0. The van der Waals surface area contributed by atoms with Crippen LogP contribution in [0.4, 0.5) is 11.5 Å². The second-order valence-corrected chi connectivity index (χ2v) is 6.40. The smallest absolute Gasteiger partial charge is 0.255 e. The van der Waals surface area contributed by atoms with Crippen LogP contribution in [0.5, 0.6) is 11.5 Å². The summed E-state index contributed by atoms with van der Waals surface area (Å²) in [5.74, 6) is 2.10. The highest BCUT2D eigenvalue weighted by atomic mass is 16.5. The van der Waals surface area contributed by atoms with Gasteiger partial charge in [0.15, 0.2) is 0 Å². The topological polar surface area (TPSA) is 63.7 Å². The highest BCUT2D eigenvalue weighted by Crippen LogP contribution is 2.23. The maximum absolute atomic E-state index is 12.6. The molecule has 1 aromatic heterocycles. The van der Waals surface area contributed by atoms with Crippen molar-refractivity contribution < 1.29 is 14.3 Å². The molecule has 6 heteroatoms. The number of ether oxygens (including phenoxy) is 2. The van der Waals surface area contributed by atoms with E-state index in [4.69, 9.17) is 9.47 Å². The molecule has 1 aliphatic heterocycles. The van der Waals surface area contributed by atoms with E-state index in [1.54, 1.807) is 12.3 Å². The van der Waals surface area contributed by atoms with Crippen LogP contribution in [0.25, 0.3) is 0 Å². The summed E-state index contributed by atoms with van der Waals surface area (Å²) in [6.07, 6.45) is 1.66. The van der Waals surface area contributed by atoms with E-state index >= 15 is 0 Å². The normalized spacial score (nSPS) is 13.8. The molecule has 4 rings (SSSR count). The molecular weight excluding hydrogens is 354 g/mol. The zero-order valence-corrected chi connectivity index (χ0v) is 15.4. The highest BCUT2D eigenvalue weighted by Gasteiger charge is 2.14. The van der Waals surface area contributed by atoms with Crippen LogP contribution in [0.15, 0.2) is 72.9 Å². The number of nitrogens with one attached hydrogen (secondary N) is 1. The minimum atomic E-state index is -0.173. The Balaban J connectivity index is 1.40. The van der Waals surface area contributed by atoms with Gasteiger partial charge in [-0.05, 0) is 48.5 Å². The van der Waals surface area contributed by atoms with Gasteiger partial charge in [-0.2, -0.15) is 0 Å². The fraction of sp³-hybridized carbons (Fsp3) is 0.182. The number of rotatable bonds is 5. The number of anilines is 2. The van der Waals surface area contributed by atoms with E-state index in [1.807, 2.05) is 60.7 Å². The van der Waals surface area contributed by atoms with E-state index in [9.17, 15) is 4.79 Å². The molecule has 1 amide bonds. The molecule has 1 saturated heterocycles. The number of carbonyl (C=O) groups excluding carboxylic acids is 1. The molecule has 0 radical (unpaired) electrons. The Morgan fingerprint density at radius 3 is 2.43 bits per heavy atom. The van der Waals surface area contributed by atoms with Gasteiger partial charge in [-0.25, -0.2) is 4.98 Å². The molecule has 1 N–H and O–H groups in total. The van der Waals surface area contributed by atoms with Crippen molar-refractivity contribution in [1.82, 2.24) is 4.98 Å². The van der Waals surface area contributed by atoms with E-state index in [-0.39, 0.29) is 5.91 Å². The third kappa shape index (κ3) is 4.47. The number of nitrogens with zero attached hydrogens (tertiary/aromatic N) is 2. The van der Waals surface area contributed by atoms with Crippen molar-refractivity contribution in [2.45, 2.75) is 0 Å². The van der Waals surface area contributed by atoms with E-state index in [0.717, 1.165) is 24.7 Å². The number of carbonyl (C=O) groups is 1. The summed E-state index contributed by atoms with van der Waals surface area (Å²) < 4.78 is 11.1. The van der Waals surface area contributed by atoms with Gasteiger partial charge >= 0.3 is 0 Å². The standard InChI is InChI=1S/C22H21N3O3/c26-22(17-10-11-23-21(16-17)25-12-14-27-15-13-25)24-18-6-8-20(9-7-18)28-19-4-2-1-3-5-19/h1-11,16H,12-15H2,(H,24,26). The third-order valence-corrected chi connectivity index (χ3v) is 4.43. The van der Waals surface area contributed by atoms with Crippen LogP contribution in [0, 0.1) is 0 Å². The van der Waals surface area contributed by atoms with Crippen LogP contribution in [-0.2, 0) is 4.74 Å². The van der Waals surface area contributed by atoms with Crippen LogP contribution >= 0.6 is 0 Å².